The summed E-state index contributed by atoms with van der Waals surface area (Å²) in [6.45, 7) is 1.44. The van der Waals surface area contributed by atoms with Crippen molar-refractivity contribution in [2.24, 2.45) is 0 Å². The Balaban J connectivity index is 1.81. The van der Waals surface area contributed by atoms with E-state index in [4.69, 9.17) is 9.47 Å². The molecule has 0 aliphatic heterocycles. The Morgan fingerprint density at radius 1 is 1.00 bits per heavy atom. The fourth-order valence-electron chi connectivity index (χ4n) is 4.96. The predicted octanol–water partition coefficient (Wildman–Crippen LogP) is 5.49. The van der Waals surface area contributed by atoms with Gasteiger partial charge in [-0.2, -0.15) is 0 Å². The molecule has 9 heteroatoms. The molecule has 1 heterocycles. The number of carbonyl (C=O) groups is 3. The first kappa shape index (κ1) is 28.2. The van der Waals surface area contributed by atoms with E-state index in [1.165, 1.54) is 25.4 Å². The van der Waals surface area contributed by atoms with Crippen LogP contribution in [0.15, 0.2) is 60.0 Å². The second-order valence-electron chi connectivity index (χ2n) is 9.60. The number of amides is 3. The Labute approximate surface area is 233 Å². The molecule has 1 atom stereocenters. The number of hydrogen-bond acceptors (Lipinski definition) is 6. The summed E-state index contributed by atoms with van der Waals surface area (Å²) in [6, 6.07) is 15.1. The van der Waals surface area contributed by atoms with Crippen molar-refractivity contribution in [2.45, 2.75) is 57.5 Å². The zero-order chi connectivity index (χ0) is 27.8. The van der Waals surface area contributed by atoms with Gasteiger partial charge >= 0.3 is 0 Å². The Morgan fingerprint density at radius 3 is 2.36 bits per heavy atom. The smallest absolute Gasteiger partial charge is 0.248 e. The molecule has 1 saturated carbocycles. The minimum absolute atomic E-state index is 0.0504. The number of nitrogens with one attached hydrogen (secondary N) is 2. The zero-order valence-corrected chi connectivity index (χ0v) is 23.4. The Bertz CT molecular complexity index is 1270. The van der Waals surface area contributed by atoms with Gasteiger partial charge in [0.1, 0.15) is 17.5 Å². The summed E-state index contributed by atoms with van der Waals surface area (Å²) in [4.78, 5) is 42.1. The first-order chi connectivity index (χ1) is 18.9. The van der Waals surface area contributed by atoms with E-state index in [0.717, 1.165) is 37.0 Å². The van der Waals surface area contributed by atoms with Gasteiger partial charge in [-0.3, -0.25) is 19.3 Å². The summed E-state index contributed by atoms with van der Waals surface area (Å²) in [5.74, 6) is 0.336. The molecular formula is C30H35N3O5S. The van der Waals surface area contributed by atoms with Crippen LogP contribution in [-0.2, 0) is 20.8 Å². The predicted molar refractivity (Wildman–Crippen MR) is 154 cm³/mol. The number of thiophene rings is 1. The van der Waals surface area contributed by atoms with Gasteiger partial charge in [-0.05, 0) is 60.7 Å². The maximum Gasteiger partial charge on any atom is 0.248 e. The van der Waals surface area contributed by atoms with Crippen LogP contribution in [0.2, 0.25) is 0 Å². The summed E-state index contributed by atoms with van der Waals surface area (Å²) in [5, 5.41) is 7.90. The van der Waals surface area contributed by atoms with Crippen LogP contribution < -0.4 is 25.0 Å². The third kappa shape index (κ3) is 7.17. The highest BCUT2D eigenvalue weighted by Crippen LogP contribution is 2.37. The van der Waals surface area contributed by atoms with Gasteiger partial charge in [-0.25, -0.2) is 0 Å². The van der Waals surface area contributed by atoms with Crippen LogP contribution in [0.1, 0.15) is 55.5 Å². The highest BCUT2D eigenvalue weighted by molar-refractivity contribution is 7.10. The van der Waals surface area contributed by atoms with E-state index in [1.807, 2.05) is 17.5 Å². The summed E-state index contributed by atoms with van der Waals surface area (Å²) in [5.41, 5.74) is 1.69. The number of benzene rings is 2. The van der Waals surface area contributed by atoms with Gasteiger partial charge in [0.15, 0.2) is 0 Å². The van der Waals surface area contributed by atoms with Gasteiger partial charge in [0, 0.05) is 40.8 Å². The van der Waals surface area contributed by atoms with Crippen LogP contribution in [0.4, 0.5) is 11.4 Å². The monoisotopic (exact) mass is 549 g/mol. The molecule has 3 aromatic rings. The van der Waals surface area contributed by atoms with Gasteiger partial charge in [-0.1, -0.05) is 25.3 Å². The van der Waals surface area contributed by atoms with Crippen molar-refractivity contribution >= 4 is 40.4 Å². The minimum Gasteiger partial charge on any atom is -0.497 e. The molecule has 2 N–H and O–H groups in total. The van der Waals surface area contributed by atoms with Crippen molar-refractivity contribution in [3.8, 4) is 11.5 Å². The molecule has 0 radical (unpaired) electrons. The van der Waals surface area contributed by atoms with Crippen molar-refractivity contribution in [2.75, 3.05) is 24.4 Å². The third-order valence-electron chi connectivity index (χ3n) is 6.83. The average Bonchev–Trinajstić information content (AvgIpc) is 3.45. The normalized spacial score (nSPS) is 14.2. The highest BCUT2D eigenvalue weighted by Gasteiger charge is 2.36. The summed E-state index contributed by atoms with van der Waals surface area (Å²) in [6.07, 6.45) is 5.24. The number of methoxy groups -OCH3 is 2. The molecule has 0 spiro atoms. The van der Waals surface area contributed by atoms with E-state index < -0.39 is 6.04 Å². The lowest BCUT2D eigenvalue weighted by Gasteiger charge is -2.34. The lowest BCUT2D eigenvalue weighted by Crippen LogP contribution is -2.47. The first-order valence-corrected chi connectivity index (χ1v) is 14.0. The van der Waals surface area contributed by atoms with E-state index in [-0.39, 0.29) is 30.2 Å². The fraction of sp³-hybridized carbons (Fsp3) is 0.367. The third-order valence-corrected chi connectivity index (χ3v) is 7.71. The van der Waals surface area contributed by atoms with Crippen molar-refractivity contribution in [3.05, 3.63) is 70.4 Å². The molecule has 8 nitrogen and oxygen atoms in total. The minimum atomic E-state index is -0.994. The molecule has 1 fully saturated rings. The number of carbonyl (C=O) groups excluding carboxylic acids is 3. The molecular weight excluding hydrogens is 514 g/mol. The maximum absolute atomic E-state index is 14.1. The maximum atomic E-state index is 14.1. The van der Waals surface area contributed by atoms with Gasteiger partial charge in [0.2, 0.25) is 17.7 Å². The van der Waals surface area contributed by atoms with Crippen molar-refractivity contribution in [3.63, 3.8) is 0 Å². The summed E-state index contributed by atoms with van der Waals surface area (Å²) < 4.78 is 11.1. The quantitative estimate of drug-likeness (QED) is 0.349. The van der Waals surface area contributed by atoms with E-state index in [0.29, 0.717) is 28.4 Å². The van der Waals surface area contributed by atoms with Gasteiger partial charge in [0.05, 0.1) is 20.6 Å². The average molecular weight is 550 g/mol. The van der Waals surface area contributed by atoms with E-state index in [9.17, 15) is 14.4 Å². The number of rotatable bonds is 10. The molecule has 206 valence electrons. The molecule has 1 aliphatic rings. The van der Waals surface area contributed by atoms with Crippen molar-refractivity contribution in [1.82, 2.24) is 5.32 Å². The topological polar surface area (TPSA) is 97.0 Å². The number of hydrogen-bond donors (Lipinski definition) is 2. The Hall–Kier alpha value is -3.85. The lowest BCUT2D eigenvalue weighted by molar-refractivity contribution is -0.127. The zero-order valence-electron chi connectivity index (χ0n) is 22.6. The summed E-state index contributed by atoms with van der Waals surface area (Å²) in [7, 11) is 3.10. The van der Waals surface area contributed by atoms with Crippen LogP contribution in [0, 0.1) is 0 Å². The van der Waals surface area contributed by atoms with Crippen LogP contribution in [0.25, 0.3) is 0 Å². The van der Waals surface area contributed by atoms with Gasteiger partial charge < -0.3 is 20.1 Å². The molecule has 0 bridgehead atoms. The van der Waals surface area contributed by atoms with Crippen LogP contribution in [-0.4, -0.2) is 38.0 Å². The lowest BCUT2D eigenvalue weighted by atomic mass is 9.94. The fourth-order valence-corrected chi connectivity index (χ4v) is 5.66. The summed E-state index contributed by atoms with van der Waals surface area (Å²) >= 11 is 1.49. The number of anilines is 2. The molecule has 3 amide bonds. The van der Waals surface area contributed by atoms with Crippen LogP contribution >= 0.6 is 11.3 Å². The van der Waals surface area contributed by atoms with E-state index in [1.54, 1.807) is 54.5 Å². The van der Waals surface area contributed by atoms with Gasteiger partial charge in [-0.15, -0.1) is 11.3 Å². The second-order valence-corrected chi connectivity index (χ2v) is 10.6. The first-order valence-electron chi connectivity index (χ1n) is 13.1. The number of ether oxygens (including phenoxy) is 2. The highest BCUT2D eigenvalue weighted by atomic mass is 32.1. The molecule has 4 rings (SSSR count). The van der Waals surface area contributed by atoms with Gasteiger partial charge in [0.25, 0.3) is 0 Å². The Kier molecular flexibility index (Phi) is 9.59. The standard InChI is InChI=1S/C30H35N3O5S/c1-20(34)31-22-11-13-23(14-12-22)33(28(35)19-25-10-7-17-39-25)29(30(36)32-21-8-5-4-6-9-21)26-16-15-24(37-2)18-27(26)38-3/h7,10-18,21,29H,4-6,8-9,19H2,1-3H3,(H,31,34)(H,32,36)/t29-/m0/s1. The van der Waals surface area contributed by atoms with E-state index >= 15 is 0 Å². The SMILES string of the molecule is COc1ccc([C@@H](C(=O)NC2CCCCC2)N(C(=O)Cc2cccs2)c2ccc(NC(C)=O)cc2)c(OC)c1. The molecule has 0 saturated heterocycles. The molecule has 2 aromatic carbocycles. The molecule has 1 aromatic heterocycles. The van der Waals surface area contributed by atoms with Crippen molar-refractivity contribution in [1.29, 1.82) is 0 Å². The Morgan fingerprint density at radius 2 is 1.74 bits per heavy atom. The van der Waals surface area contributed by atoms with Crippen LogP contribution in [0.3, 0.4) is 0 Å². The largest absolute Gasteiger partial charge is 0.497 e. The molecule has 39 heavy (non-hydrogen) atoms. The van der Waals surface area contributed by atoms with Crippen molar-refractivity contribution < 1.29 is 23.9 Å². The molecule has 0 unspecified atom stereocenters. The second kappa shape index (κ2) is 13.3. The van der Waals surface area contributed by atoms with Crippen LogP contribution in [0.5, 0.6) is 11.5 Å². The van der Waals surface area contributed by atoms with E-state index in [2.05, 4.69) is 10.6 Å². The molecule has 1 aliphatic carbocycles. The number of nitrogens with zero attached hydrogens (tertiary/aromatic N) is 1.